The lowest BCUT2D eigenvalue weighted by atomic mass is 9.60. The molecule has 0 bridgehead atoms. The topological polar surface area (TPSA) is 54.5 Å². The minimum absolute atomic E-state index is 0.0781. The number of carbonyl (C=O) groups excluding carboxylic acids is 1. The smallest absolute Gasteiger partial charge is 0.234 e. The highest BCUT2D eigenvalue weighted by Gasteiger charge is 2.57. The van der Waals surface area contributed by atoms with E-state index in [0.29, 0.717) is 25.2 Å². The molecule has 2 atom stereocenters. The molecular weight excluding hydrogens is 302 g/mol. The van der Waals surface area contributed by atoms with E-state index in [4.69, 9.17) is 4.74 Å². The van der Waals surface area contributed by atoms with Crippen molar-refractivity contribution in [2.24, 2.45) is 5.41 Å². The summed E-state index contributed by atoms with van der Waals surface area (Å²) in [5, 5.41) is 3.00. The van der Waals surface area contributed by atoms with Gasteiger partial charge < -0.3 is 10.1 Å². The molecule has 1 spiro atoms. The van der Waals surface area contributed by atoms with Crippen LogP contribution < -0.4 is 5.32 Å². The monoisotopic (exact) mass is 331 g/mol. The fourth-order valence-electron chi connectivity index (χ4n) is 4.56. The summed E-state index contributed by atoms with van der Waals surface area (Å²) in [5.41, 5.74) is 1.31. The van der Waals surface area contributed by atoms with E-state index in [9.17, 15) is 4.79 Å². The van der Waals surface area contributed by atoms with Crippen molar-refractivity contribution in [2.45, 2.75) is 57.7 Å². The molecule has 2 aliphatic rings. The van der Waals surface area contributed by atoms with Crippen molar-refractivity contribution in [1.82, 2.24) is 15.2 Å². The Balaban J connectivity index is 1.51. The highest BCUT2D eigenvalue weighted by Crippen LogP contribution is 2.56. The maximum Gasteiger partial charge on any atom is 0.234 e. The van der Waals surface area contributed by atoms with Crippen molar-refractivity contribution >= 4 is 5.91 Å². The predicted octanol–water partition coefficient (Wildman–Crippen LogP) is 2.37. The zero-order valence-electron chi connectivity index (χ0n) is 14.8. The van der Waals surface area contributed by atoms with E-state index < -0.39 is 0 Å². The van der Waals surface area contributed by atoms with Crippen LogP contribution in [0.2, 0.25) is 0 Å². The van der Waals surface area contributed by atoms with Gasteiger partial charge in [-0.3, -0.25) is 14.7 Å². The molecule has 1 amide bonds. The summed E-state index contributed by atoms with van der Waals surface area (Å²) in [5.74, 6) is 0.0781. The van der Waals surface area contributed by atoms with Gasteiger partial charge in [-0.2, -0.15) is 0 Å². The lowest BCUT2D eigenvalue weighted by Gasteiger charge is -2.57. The van der Waals surface area contributed by atoms with E-state index in [1.165, 1.54) is 25.7 Å². The Bertz CT molecular complexity index is 543. The molecule has 2 fully saturated rings. The first-order chi connectivity index (χ1) is 11.7. The van der Waals surface area contributed by atoms with Gasteiger partial charge in [0.1, 0.15) is 0 Å². The first-order valence-corrected chi connectivity index (χ1v) is 9.13. The lowest BCUT2D eigenvalue weighted by Crippen LogP contribution is -2.63. The molecule has 1 N–H and O–H groups in total. The number of hydrogen-bond donors (Lipinski definition) is 1. The molecule has 132 valence electrons. The number of likely N-dealkylation sites (N-methyl/N-ethyl adjacent to an activating group) is 1. The molecule has 0 saturated heterocycles. The normalized spacial score (nSPS) is 25.0. The molecule has 5 heteroatoms. The van der Waals surface area contributed by atoms with Gasteiger partial charge in [0.2, 0.25) is 5.91 Å². The number of amides is 1. The summed E-state index contributed by atoms with van der Waals surface area (Å²) >= 11 is 0. The number of hydrogen-bond acceptors (Lipinski definition) is 4. The second-order valence-corrected chi connectivity index (χ2v) is 7.19. The highest BCUT2D eigenvalue weighted by molar-refractivity contribution is 5.78. The van der Waals surface area contributed by atoms with Crippen LogP contribution in [0.4, 0.5) is 0 Å². The number of pyridine rings is 1. The summed E-state index contributed by atoms with van der Waals surface area (Å²) in [6, 6.07) is 4.34. The number of carbonyl (C=O) groups is 1. The summed E-state index contributed by atoms with van der Waals surface area (Å²) in [6.07, 6.45) is 10.0. The molecular formula is C19H29N3O2. The number of ether oxygens (including phenoxy) is 1. The zero-order valence-corrected chi connectivity index (χ0v) is 14.8. The molecule has 24 heavy (non-hydrogen) atoms. The van der Waals surface area contributed by atoms with Crippen LogP contribution in [0.5, 0.6) is 0 Å². The molecule has 1 heterocycles. The van der Waals surface area contributed by atoms with Crippen molar-refractivity contribution in [3.63, 3.8) is 0 Å². The van der Waals surface area contributed by atoms with Crippen LogP contribution in [0.15, 0.2) is 24.5 Å². The highest BCUT2D eigenvalue weighted by atomic mass is 16.5. The first-order valence-electron chi connectivity index (χ1n) is 9.13. The van der Waals surface area contributed by atoms with Gasteiger partial charge in [0.25, 0.3) is 0 Å². The molecule has 0 aliphatic heterocycles. The third-order valence-electron chi connectivity index (χ3n) is 5.78. The largest absolute Gasteiger partial charge is 0.378 e. The van der Waals surface area contributed by atoms with Crippen LogP contribution in [0.25, 0.3) is 0 Å². The fraction of sp³-hybridized carbons (Fsp3) is 0.684. The van der Waals surface area contributed by atoms with Crippen LogP contribution in [-0.4, -0.2) is 48.1 Å². The van der Waals surface area contributed by atoms with Gasteiger partial charge >= 0.3 is 0 Å². The number of rotatable bonds is 7. The second kappa shape index (κ2) is 7.62. The van der Waals surface area contributed by atoms with Gasteiger partial charge in [0.05, 0.1) is 12.6 Å². The Hall–Kier alpha value is -1.46. The predicted molar refractivity (Wildman–Crippen MR) is 93.4 cm³/mol. The van der Waals surface area contributed by atoms with Gasteiger partial charge in [-0.05, 0) is 44.9 Å². The van der Waals surface area contributed by atoms with Crippen molar-refractivity contribution in [3.05, 3.63) is 30.1 Å². The second-order valence-electron chi connectivity index (χ2n) is 7.19. The minimum atomic E-state index is 0.0781. The van der Waals surface area contributed by atoms with Gasteiger partial charge in [-0.15, -0.1) is 0 Å². The van der Waals surface area contributed by atoms with Gasteiger partial charge in [0.15, 0.2) is 0 Å². The maximum absolute atomic E-state index is 12.3. The molecule has 0 aromatic carbocycles. The molecule has 1 aromatic heterocycles. The molecule has 3 rings (SSSR count). The summed E-state index contributed by atoms with van der Waals surface area (Å²) < 4.78 is 5.97. The number of nitrogens with one attached hydrogen (secondary N) is 1. The van der Waals surface area contributed by atoms with Gasteiger partial charge in [-0.25, -0.2) is 0 Å². The van der Waals surface area contributed by atoms with E-state index in [0.717, 1.165) is 18.6 Å². The molecule has 2 saturated carbocycles. The minimum Gasteiger partial charge on any atom is -0.378 e. The number of nitrogens with zero attached hydrogens (tertiary/aromatic N) is 2. The lowest BCUT2D eigenvalue weighted by molar-refractivity contribution is -0.163. The van der Waals surface area contributed by atoms with Crippen LogP contribution in [0, 0.1) is 5.41 Å². The summed E-state index contributed by atoms with van der Waals surface area (Å²) in [6.45, 7) is 3.85. The molecule has 1 aromatic rings. The van der Waals surface area contributed by atoms with Crippen molar-refractivity contribution in [3.8, 4) is 0 Å². The molecule has 0 unspecified atom stereocenters. The van der Waals surface area contributed by atoms with Crippen LogP contribution in [0.1, 0.15) is 44.6 Å². The fourth-order valence-corrected chi connectivity index (χ4v) is 4.56. The van der Waals surface area contributed by atoms with Crippen LogP contribution in [-0.2, 0) is 16.1 Å². The Kier molecular flexibility index (Phi) is 5.51. The average Bonchev–Trinajstić information content (AvgIpc) is 3.10. The average molecular weight is 331 g/mol. The molecule has 0 radical (unpaired) electrons. The van der Waals surface area contributed by atoms with Crippen LogP contribution >= 0.6 is 0 Å². The molecule has 2 aliphatic carbocycles. The van der Waals surface area contributed by atoms with E-state index in [2.05, 4.69) is 29.2 Å². The third-order valence-corrected chi connectivity index (χ3v) is 5.78. The van der Waals surface area contributed by atoms with E-state index >= 15 is 0 Å². The zero-order chi connectivity index (χ0) is 17.0. The maximum atomic E-state index is 12.3. The van der Waals surface area contributed by atoms with Gasteiger partial charge in [0, 0.05) is 37.0 Å². The Morgan fingerprint density at radius 2 is 2.25 bits per heavy atom. The van der Waals surface area contributed by atoms with Crippen LogP contribution in [0.3, 0.4) is 0 Å². The quantitative estimate of drug-likeness (QED) is 0.833. The molecule has 5 nitrogen and oxygen atoms in total. The van der Waals surface area contributed by atoms with Gasteiger partial charge in [-0.1, -0.05) is 18.9 Å². The van der Waals surface area contributed by atoms with E-state index in [1.54, 1.807) is 12.4 Å². The first kappa shape index (κ1) is 17.4. The van der Waals surface area contributed by atoms with E-state index in [-0.39, 0.29) is 11.3 Å². The number of aromatic nitrogens is 1. The Morgan fingerprint density at radius 3 is 2.92 bits per heavy atom. The summed E-state index contributed by atoms with van der Waals surface area (Å²) in [4.78, 5) is 18.6. The Morgan fingerprint density at radius 1 is 1.46 bits per heavy atom. The van der Waals surface area contributed by atoms with Crippen molar-refractivity contribution in [1.29, 1.82) is 0 Å². The Labute approximate surface area is 144 Å². The van der Waals surface area contributed by atoms with Crippen molar-refractivity contribution in [2.75, 3.05) is 20.2 Å². The summed E-state index contributed by atoms with van der Waals surface area (Å²) in [7, 11) is 2.08. The van der Waals surface area contributed by atoms with E-state index in [1.807, 2.05) is 12.1 Å². The van der Waals surface area contributed by atoms with Crippen molar-refractivity contribution < 1.29 is 9.53 Å². The standard InChI is InChI=1S/C19H29N3O2/c1-3-24-17-11-16(19(17)8-4-5-9-19)22(2)14-18(23)21-13-15-7-6-10-20-12-15/h6-7,10,12,16-17H,3-5,8-9,11,13-14H2,1-2H3,(H,21,23)/t16-,17+/m1/s1. The third kappa shape index (κ3) is 3.47. The SMILES string of the molecule is CCO[C@H]1C[C@@H](N(C)CC(=O)NCc2cccnc2)C12CCCC2.